The van der Waals surface area contributed by atoms with E-state index in [0.717, 1.165) is 6.42 Å². The number of likely N-dealkylation sites (tertiary alicyclic amines) is 1. The van der Waals surface area contributed by atoms with Crippen LogP contribution >= 0.6 is 0 Å². The molecule has 1 saturated heterocycles. The molecule has 1 aromatic heterocycles. The van der Waals surface area contributed by atoms with Gasteiger partial charge < -0.3 is 10.0 Å². The van der Waals surface area contributed by atoms with Crippen LogP contribution in [0.4, 0.5) is 8.78 Å². The summed E-state index contributed by atoms with van der Waals surface area (Å²) >= 11 is 0. The first kappa shape index (κ1) is 17.1. The second-order valence-corrected chi connectivity index (χ2v) is 7.18. The van der Waals surface area contributed by atoms with Gasteiger partial charge in [0.1, 0.15) is 11.4 Å². The predicted octanol–water partition coefficient (Wildman–Crippen LogP) is 3.12. The summed E-state index contributed by atoms with van der Waals surface area (Å²) in [5.41, 5.74) is -1.11. The molecule has 1 aliphatic heterocycles. The normalized spacial score (nSPS) is 28.0. The van der Waals surface area contributed by atoms with Crippen molar-refractivity contribution < 1.29 is 18.7 Å². The molecule has 2 aromatic rings. The molecular weight excluding hydrogens is 338 g/mol. The summed E-state index contributed by atoms with van der Waals surface area (Å²) in [4.78, 5) is 18.1. The highest BCUT2D eigenvalue weighted by molar-refractivity contribution is 5.94. The lowest BCUT2D eigenvalue weighted by molar-refractivity contribution is -0.141. The fraction of sp³-hybridized carbons (Fsp3) is 0.400. The van der Waals surface area contributed by atoms with Crippen molar-refractivity contribution in [2.75, 3.05) is 13.1 Å². The van der Waals surface area contributed by atoms with Crippen molar-refractivity contribution in [2.45, 2.75) is 24.9 Å². The number of halogens is 2. The fourth-order valence-electron chi connectivity index (χ4n) is 4.55. The fourth-order valence-corrected chi connectivity index (χ4v) is 4.55. The molecule has 136 valence electrons. The highest BCUT2D eigenvalue weighted by atomic mass is 19.1. The molecular formula is C20H20F2N2O2. The Morgan fingerprint density at radius 2 is 1.81 bits per heavy atom. The maximum atomic E-state index is 14.3. The topological polar surface area (TPSA) is 53.4 Å². The molecule has 2 bridgehead atoms. The number of pyridine rings is 1. The average Bonchev–Trinajstić information content (AvgIpc) is 2.61. The van der Waals surface area contributed by atoms with Crippen LogP contribution in [0.3, 0.4) is 0 Å². The van der Waals surface area contributed by atoms with Gasteiger partial charge in [-0.2, -0.15) is 4.39 Å². The van der Waals surface area contributed by atoms with E-state index in [4.69, 9.17) is 0 Å². The number of hydrogen-bond donors (Lipinski definition) is 1. The van der Waals surface area contributed by atoms with Crippen LogP contribution in [0.15, 0.2) is 42.6 Å². The SMILES string of the molecule is O=C(c1ccccc1F)N1CC2CCCC(C1)C2(O)c1cccnc1F. The van der Waals surface area contributed by atoms with Gasteiger partial charge in [0.15, 0.2) is 0 Å². The lowest BCUT2D eigenvalue weighted by atomic mass is 9.62. The zero-order valence-electron chi connectivity index (χ0n) is 14.2. The van der Waals surface area contributed by atoms with Crippen molar-refractivity contribution in [2.24, 2.45) is 11.8 Å². The number of carbonyl (C=O) groups excluding carboxylic acids is 1. The van der Waals surface area contributed by atoms with Crippen LogP contribution in [0.2, 0.25) is 0 Å². The van der Waals surface area contributed by atoms with Crippen LogP contribution in [-0.4, -0.2) is 34.0 Å². The zero-order chi connectivity index (χ0) is 18.3. The highest BCUT2D eigenvalue weighted by Crippen LogP contribution is 2.49. The first-order valence-corrected chi connectivity index (χ1v) is 8.89. The van der Waals surface area contributed by atoms with Gasteiger partial charge in [0.05, 0.1) is 5.56 Å². The summed E-state index contributed by atoms with van der Waals surface area (Å²) < 4.78 is 28.3. The molecule has 2 unspecified atom stereocenters. The molecule has 4 rings (SSSR count). The Hall–Kier alpha value is -2.34. The molecule has 2 atom stereocenters. The Kier molecular flexibility index (Phi) is 4.23. The Morgan fingerprint density at radius 3 is 2.46 bits per heavy atom. The van der Waals surface area contributed by atoms with E-state index >= 15 is 0 Å². The van der Waals surface area contributed by atoms with Crippen LogP contribution in [0.25, 0.3) is 0 Å². The van der Waals surface area contributed by atoms with E-state index in [9.17, 15) is 18.7 Å². The third kappa shape index (κ3) is 2.60. The van der Waals surface area contributed by atoms with Crippen molar-refractivity contribution in [3.8, 4) is 0 Å². The second kappa shape index (κ2) is 6.43. The molecule has 1 aromatic carbocycles. The van der Waals surface area contributed by atoms with E-state index in [0.29, 0.717) is 12.8 Å². The van der Waals surface area contributed by atoms with Gasteiger partial charge in [-0.05, 0) is 31.0 Å². The third-order valence-corrected chi connectivity index (χ3v) is 5.81. The number of aliphatic hydroxyl groups is 1. The number of fused-ring (bicyclic) bond motifs is 2. The van der Waals surface area contributed by atoms with Crippen LogP contribution in [0, 0.1) is 23.6 Å². The average molecular weight is 358 g/mol. The Balaban J connectivity index is 1.66. The van der Waals surface area contributed by atoms with Gasteiger partial charge in [-0.3, -0.25) is 4.79 Å². The van der Waals surface area contributed by atoms with Gasteiger partial charge >= 0.3 is 0 Å². The van der Waals surface area contributed by atoms with Crippen LogP contribution in [0.1, 0.15) is 35.2 Å². The maximum Gasteiger partial charge on any atom is 0.256 e. The lowest BCUT2D eigenvalue weighted by Crippen LogP contribution is -2.59. The van der Waals surface area contributed by atoms with Crippen molar-refractivity contribution in [1.82, 2.24) is 9.88 Å². The van der Waals surface area contributed by atoms with Crippen LogP contribution in [0.5, 0.6) is 0 Å². The molecule has 0 radical (unpaired) electrons. The molecule has 1 N–H and O–H groups in total. The van der Waals surface area contributed by atoms with Crippen molar-refractivity contribution in [3.63, 3.8) is 0 Å². The molecule has 1 saturated carbocycles. The summed E-state index contributed by atoms with van der Waals surface area (Å²) in [5, 5.41) is 11.4. The van der Waals surface area contributed by atoms with Crippen molar-refractivity contribution in [3.05, 3.63) is 65.5 Å². The number of nitrogens with zero attached hydrogens (tertiary/aromatic N) is 2. The number of piperidine rings is 1. The summed E-state index contributed by atoms with van der Waals surface area (Å²) in [6.07, 6.45) is 3.64. The minimum absolute atomic E-state index is 0.0311. The molecule has 1 aliphatic carbocycles. The van der Waals surface area contributed by atoms with Gasteiger partial charge in [0.2, 0.25) is 5.95 Å². The van der Waals surface area contributed by atoms with Crippen LogP contribution in [-0.2, 0) is 5.60 Å². The maximum absolute atomic E-state index is 14.3. The smallest absolute Gasteiger partial charge is 0.256 e. The number of aromatic nitrogens is 1. The van der Waals surface area contributed by atoms with Crippen molar-refractivity contribution >= 4 is 5.91 Å². The predicted molar refractivity (Wildman–Crippen MR) is 91.2 cm³/mol. The van der Waals surface area contributed by atoms with E-state index in [-0.39, 0.29) is 42.0 Å². The van der Waals surface area contributed by atoms with Gasteiger partial charge in [0, 0.05) is 36.7 Å². The van der Waals surface area contributed by atoms with E-state index in [1.807, 2.05) is 0 Å². The highest BCUT2D eigenvalue weighted by Gasteiger charge is 2.53. The summed E-state index contributed by atoms with van der Waals surface area (Å²) in [6.45, 7) is 0.545. The molecule has 2 aliphatic rings. The molecule has 0 spiro atoms. The minimum atomic E-state index is -1.34. The van der Waals surface area contributed by atoms with Gasteiger partial charge in [-0.25, -0.2) is 9.37 Å². The Morgan fingerprint density at radius 1 is 1.12 bits per heavy atom. The Bertz CT molecular complexity index is 828. The first-order valence-electron chi connectivity index (χ1n) is 8.89. The van der Waals surface area contributed by atoms with E-state index in [1.54, 1.807) is 29.2 Å². The second-order valence-electron chi connectivity index (χ2n) is 7.18. The van der Waals surface area contributed by atoms with Gasteiger partial charge in [0.25, 0.3) is 5.91 Å². The van der Waals surface area contributed by atoms with Crippen molar-refractivity contribution in [1.29, 1.82) is 0 Å². The monoisotopic (exact) mass is 358 g/mol. The minimum Gasteiger partial charge on any atom is -0.384 e. The molecule has 4 nitrogen and oxygen atoms in total. The number of benzene rings is 1. The number of rotatable bonds is 2. The van der Waals surface area contributed by atoms with Gasteiger partial charge in [-0.15, -0.1) is 0 Å². The molecule has 6 heteroatoms. The molecule has 26 heavy (non-hydrogen) atoms. The quantitative estimate of drug-likeness (QED) is 0.840. The van der Waals surface area contributed by atoms with Crippen LogP contribution < -0.4 is 0 Å². The summed E-state index contributed by atoms with van der Waals surface area (Å²) in [6, 6.07) is 9.09. The van der Waals surface area contributed by atoms with E-state index < -0.39 is 17.4 Å². The molecule has 2 heterocycles. The zero-order valence-corrected chi connectivity index (χ0v) is 14.2. The molecule has 2 fully saturated rings. The lowest BCUT2D eigenvalue weighted by Gasteiger charge is -2.53. The standard InChI is InChI=1S/C20H20F2N2O2/c21-17-9-2-1-7-15(17)19(25)24-11-13-5-3-6-14(12-24)20(13,26)16-8-4-10-23-18(16)22/h1-2,4,7-10,13-14,26H,3,5-6,11-12H2. The van der Waals surface area contributed by atoms with E-state index in [1.165, 1.54) is 18.3 Å². The third-order valence-electron chi connectivity index (χ3n) is 5.81. The summed E-state index contributed by atoms with van der Waals surface area (Å²) in [7, 11) is 0. The largest absolute Gasteiger partial charge is 0.384 e. The molecule has 1 amide bonds. The number of carbonyl (C=O) groups is 1. The van der Waals surface area contributed by atoms with Gasteiger partial charge in [-0.1, -0.05) is 24.6 Å². The Labute approximate surface area is 150 Å². The first-order chi connectivity index (χ1) is 12.5. The summed E-state index contributed by atoms with van der Waals surface area (Å²) in [5.74, 6) is -2.20. The number of amides is 1. The van der Waals surface area contributed by atoms with E-state index in [2.05, 4.69) is 4.98 Å². The number of hydrogen-bond acceptors (Lipinski definition) is 3.